The Morgan fingerprint density at radius 2 is 2.04 bits per heavy atom. The van der Waals surface area contributed by atoms with Crippen molar-refractivity contribution in [2.45, 2.75) is 58.1 Å². The number of nitrogens with one attached hydrogen (secondary N) is 1. The fourth-order valence-corrected chi connectivity index (χ4v) is 3.61. The third-order valence-corrected chi connectivity index (χ3v) is 5.03. The maximum Gasteiger partial charge on any atom is 0.248 e. The summed E-state index contributed by atoms with van der Waals surface area (Å²) in [7, 11) is 0. The Kier molecular flexibility index (Phi) is 5.20. The molecule has 7 heteroatoms. The van der Waals surface area contributed by atoms with Crippen molar-refractivity contribution in [3.8, 4) is 0 Å². The summed E-state index contributed by atoms with van der Waals surface area (Å²) in [6.45, 7) is 10.7. The van der Waals surface area contributed by atoms with Crippen LogP contribution in [-0.2, 0) is 21.7 Å². The van der Waals surface area contributed by atoms with Crippen LogP contribution in [0.5, 0.6) is 0 Å². The van der Waals surface area contributed by atoms with Crippen molar-refractivity contribution in [2.24, 2.45) is 0 Å². The van der Waals surface area contributed by atoms with Crippen LogP contribution in [0.3, 0.4) is 0 Å². The number of amides is 1. The standard InChI is InChI=1S/C17H29N5O2/c1-13(2)15-20-19-14-11-24-12-17(3,22(14)15)16(23)18-7-10-21-8-5-4-6-9-21/h13H,4-12H2,1-3H3,(H,18,23)/t17-/m0/s1. The van der Waals surface area contributed by atoms with E-state index in [4.69, 9.17) is 4.74 Å². The van der Waals surface area contributed by atoms with Gasteiger partial charge in [0.2, 0.25) is 5.91 Å². The molecular weight excluding hydrogens is 306 g/mol. The number of carbonyl (C=O) groups excluding carboxylic acids is 1. The van der Waals surface area contributed by atoms with E-state index in [0.717, 1.165) is 31.3 Å². The molecule has 1 amide bonds. The van der Waals surface area contributed by atoms with Gasteiger partial charge in [0.05, 0.1) is 6.61 Å². The van der Waals surface area contributed by atoms with Gasteiger partial charge in [-0.05, 0) is 32.9 Å². The van der Waals surface area contributed by atoms with E-state index < -0.39 is 5.54 Å². The highest BCUT2D eigenvalue weighted by Crippen LogP contribution is 2.29. The molecule has 0 spiro atoms. The van der Waals surface area contributed by atoms with Crippen molar-refractivity contribution >= 4 is 5.91 Å². The summed E-state index contributed by atoms with van der Waals surface area (Å²) in [6.07, 6.45) is 3.86. The lowest BCUT2D eigenvalue weighted by Gasteiger charge is -2.36. The lowest BCUT2D eigenvalue weighted by atomic mass is 9.99. The highest BCUT2D eigenvalue weighted by molar-refractivity contribution is 5.84. The van der Waals surface area contributed by atoms with Crippen molar-refractivity contribution in [1.29, 1.82) is 0 Å². The number of carbonyl (C=O) groups is 1. The van der Waals surface area contributed by atoms with Crippen LogP contribution in [0.1, 0.15) is 57.6 Å². The van der Waals surface area contributed by atoms with Crippen LogP contribution in [0.25, 0.3) is 0 Å². The molecule has 2 aliphatic rings. The smallest absolute Gasteiger partial charge is 0.248 e. The zero-order valence-electron chi connectivity index (χ0n) is 15.0. The molecule has 0 saturated carbocycles. The quantitative estimate of drug-likeness (QED) is 0.877. The van der Waals surface area contributed by atoms with Gasteiger partial charge >= 0.3 is 0 Å². The number of rotatable bonds is 5. The van der Waals surface area contributed by atoms with Gasteiger partial charge in [-0.1, -0.05) is 20.3 Å². The maximum atomic E-state index is 12.9. The molecule has 1 N–H and O–H groups in total. The highest BCUT2D eigenvalue weighted by atomic mass is 16.5. The van der Waals surface area contributed by atoms with Gasteiger partial charge in [-0.15, -0.1) is 10.2 Å². The summed E-state index contributed by atoms with van der Waals surface area (Å²) in [5.41, 5.74) is -0.779. The lowest BCUT2D eigenvalue weighted by Crippen LogP contribution is -2.54. The van der Waals surface area contributed by atoms with Gasteiger partial charge in [-0.2, -0.15) is 0 Å². The summed E-state index contributed by atoms with van der Waals surface area (Å²) in [6, 6.07) is 0. The average molecular weight is 335 g/mol. The molecule has 7 nitrogen and oxygen atoms in total. The van der Waals surface area contributed by atoms with Gasteiger partial charge in [-0.25, -0.2) is 0 Å². The highest BCUT2D eigenvalue weighted by Gasteiger charge is 2.42. The van der Waals surface area contributed by atoms with E-state index in [9.17, 15) is 4.79 Å². The number of piperidine rings is 1. The lowest BCUT2D eigenvalue weighted by molar-refractivity contribution is -0.135. The van der Waals surface area contributed by atoms with Crippen LogP contribution >= 0.6 is 0 Å². The molecule has 1 aromatic heterocycles. The number of nitrogens with zero attached hydrogens (tertiary/aromatic N) is 4. The number of ether oxygens (including phenoxy) is 1. The fourth-order valence-electron chi connectivity index (χ4n) is 3.61. The summed E-state index contributed by atoms with van der Waals surface area (Å²) in [5, 5.41) is 11.6. The zero-order valence-corrected chi connectivity index (χ0v) is 15.0. The van der Waals surface area contributed by atoms with Gasteiger partial charge < -0.3 is 15.0 Å². The minimum absolute atomic E-state index is 0.0119. The second-order valence-electron chi connectivity index (χ2n) is 7.39. The first-order valence-corrected chi connectivity index (χ1v) is 9.05. The molecule has 0 aromatic carbocycles. The first-order valence-electron chi connectivity index (χ1n) is 9.05. The monoisotopic (exact) mass is 335 g/mol. The third kappa shape index (κ3) is 3.32. The van der Waals surface area contributed by atoms with Gasteiger partial charge in [0.1, 0.15) is 18.0 Å². The second-order valence-corrected chi connectivity index (χ2v) is 7.39. The molecular formula is C17H29N5O2. The Morgan fingerprint density at radius 1 is 1.29 bits per heavy atom. The Bertz CT molecular complexity index is 580. The number of hydrogen-bond donors (Lipinski definition) is 1. The summed E-state index contributed by atoms with van der Waals surface area (Å²) in [5.74, 6) is 1.78. The Balaban J connectivity index is 1.67. The summed E-state index contributed by atoms with van der Waals surface area (Å²) < 4.78 is 7.61. The van der Waals surface area contributed by atoms with Crippen LogP contribution in [0, 0.1) is 0 Å². The molecule has 2 aliphatic heterocycles. The summed E-state index contributed by atoms with van der Waals surface area (Å²) in [4.78, 5) is 15.3. The minimum Gasteiger partial charge on any atom is -0.370 e. The van der Waals surface area contributed by atoms with Gasteiger partial charge in [-0.3, -0.25) is 9.36 Å². The fraction of sp³-hybridized carbons (Fsp3) is 0.824. The molecule has 3 heterocycles. The Labute approximate surface area is 143 Å². The van der Waals surface area contributed by atoms with Crippen molar-refractivity contribution < 1.29 is 9.53 Å². The largest absolute Gasteiger partial charge is 0.370 e. The van der Waals surface area contributed by atoms with Crippen molar-refractivity contribution in [3.05, 3.63) is 11.6 Å². The molecule has 24 heavy (non-hydrogen) atoms. The molecule has 0 unspecified atom stereocenters. The molecule has 0 aliphatic carbocycles. The predicted octanol–water partition coefficient (Wildman–Crippen LogP) is 1.25. The molecule has 1 fully saturated rings. The van der Waals surface area contributed by atoms with Crippen LogP contribution < -0.4 is 5.32 Å². The van der Waals surface area contributed by atoms with Crippen molar-refractivity contribution in [2.75, 3.05) is 32.8 Å². The molecule has 1 atom stereocenters. The number of fused-ring (bicyclic) bond motifs is 1. The van der Waals surface area contributed by atoms with Crippen molar-refractivity contribution in [1.82, 2.24) is 25.0 Å². The maximum absolute atomic E-state index is 12.9. The molecule has 134 valence electrons. The third-order valence-electron chi connectivity index (χ3n) is 5.03. The van der Waals surface area contributed by atoms with E-state index in [1.807, 2.05) is 11.5 Å². The molecule has 0 radical (unpaired) electrons. The first kappa shape index (κ1) is 17.4. The normalized spacial score (nSPS) is 24.8. The minimum atomic E-state index is -0.779. The van der Waals surface area contributed by atoms with Gasteiger partial charge in [0, 0.05) is 19.0 Å². The average Bonchev–Trinajstić information content (AvgIpc) is 3.02. The van der Waals surface area contributed by atoms with E-state index in [2.05, 4.69) is 34.3 Å². The number of likely N-dealkylation sites (tertiary alicyclic amines) is 1. The SMILES string of the molecule is CC(C)c1nnc2n1[C@](C)(C(=O)NCCN1CCCCC1)COC2. The second kappa shape index (κ2) is 7.19. The van der Waals surface area contributed by atoms with Crippen LogP contribution in [-0.4, -0.2) is 58.4 Å². The summed E-state index contributed by atoms with van der Waals surface area (Å²) >= 11 is 0. The molecule has 1 aromatic rings. The molecule has 1 saturated heterocycles. The molecule has 3 rings (SSSR count). The zero-order chi connectivity index (χ0) is 17.2. The first-order chi connectivity index (χ1) is 11.5. The van der Waals surface area contributed by atoms with E-state index in [0.29, 0.717) is 19.8 Å². The van der Waals surface area contributed by atoms with E-state index in [1.54, 1.807) is 0 Å². The van der Waals surface area contributed by atoms with E-state index in [1.165, 1.54) is 19.3 Å². The Hall–Kier alpha value is -1.47. The van der Waals surface area contributed by atoms with Crippen LogP contribution in [0.15, 0.2) is 0 Å². The van der Waals surface area contributed by atoms with Crippen LogP contribution in [0.4, 0.5) is 0 Å². The topological polar surface area (TPSA) is 72.3 Å². The van der Waals surface area contributed by atoms with Gasteiger partial charge in [0.25, 0.3) is 0 Å². The van der Waals surface area contributed by atoms with E-state index in [-0.39, 0.29) is 11.8 Å². The Morgan fingerprint density at radius 3 is 2.75 bits per heavy atom. The number of aromatic nitrogens is 3. The van der Waals surface area contributed by atoms with Crippen LogP contribution in [0.2, 0.25) is 0 Å². The predicted molar refractivity (Wildman–Crippen MR) is 90.7 cm³/mol. The van der Waals surface area contributed by atoms with Gasteiger partial charge in [0.15, 0.2) is 5.82 Å². The number of hydrogen-bond acceptors (Lipinski definition) is 5. The molecule has 0 bridgehead atoms. The van der Waals surface area contributed by atoms with Crippen molar-refractivity contribution in [3.63, 3.8) is 0 Å². The van der Waals surface area contributed by atoms with E-state index >= 15 is 0 Å².